The average molecular weight is 438 g/mol. The van der Waals surface area contributed by atoms with Gasteiger partial charge in [-0.1, -0.05) is 0 Å². The fraction of sp³-hybridized carbons (Fsp3) is 0.474. The molecule has 3 heterocycles. The second-order valence-electron chi connectivity index (χ2n) is 7.52. The van der Waals surface area contributed by atoms with Crippen LogP contribution in [0.15, 0.2) is 18.3 Å². The molecule has 1 saturated carbocycles. The zero-order chi connectivity index (χ0) is 22.2. The molecule has 0 saturated heterocycles. The van der Waals surface area contributed by atoms with Crippen LogP contribution < -0.4 is 25.0 Å². The topological polar surface area (TPSA) is 102 Å². The Morgan fingerprint density at radius 3 is 2.74 bits per heavy atom. The van der Waals surface area contributed by atoms with Gasteiger partial charge in [0.2, 0.25) is 17.7 Å². The summed E-state index contributed by atoms with van der Waals surface area (Å²) >= 11 is 0. The smallest absolute Gasteiger partial charge is 0.422 e. The number of aryl methyl sites for hydroxylation is 1. The Morgan fingerprint density at radius 2 is 2.06 bits per heavy atom. The van der Waals surface area contributed by atoms with Gasteiger partial charge in [0, 0.05) is 32.0 Å². The first kappa shape index (κ1) is 20.9. The quantitative estimate of drug-likeness (QED) is 0.710. The van der Waals surface area contributed by atoms with Gasteiger partial charge >= 0.3 is 6.18 Å². The third kappa shape index (κ3) is 5.06. The van der Waals surface area contributed by atoms with Gasteiger partial charge in [-0.25, -0.2) is 9.97 Å². The number of pyridine rings is 1. The van der Waals surface area contributed by atoms with Gasteiger partial charge in [0.1, 0.15) is 17.5 Å². The number of likely N-dealkylation sites (N-methyl/N-ethyl adjacent to an activating group) is 1. The summed E-state index contributed by atoms with van der Waals surface area (Å²) in [7, 11) is 1.80. The maximum Gasteiger partial charge on any atom is 0.422 e. The number of aromatic nitrogens is 3. The number of alkyl halides is 3. The minimum Gasteiger partial charge on any atom is -0.489 e. The van der Waals surface area contributed by atoms with E-state index in [4.69, 9.17) is 4.74 Å². The minimum atomic E-state index is -4.41. The summed E-state index contributed by atoms with van der Waals surface area (Å²) in [6.07, 6.45) is -1.71. The molecule has 1 aliphatic heterocycles. The highest BCUT2D eigenvalue weighted by Gasteiger charge is 2.33. The van der Waals surface area contributed by atoms with Crippen LogP contribution in [0.5, 0.6) is 11.6 Å². The number of hydrogen-bond donors (Lipinski definition) is 2. The van der Waals surface area contributed by atoms with E-state index in [-0.39, 0.29) is 30.5 Å². The maximum absolute atomic E-state index is 12.2. The Balaban J connectivity index is 1.28. The van der Waals surface area contributed by atoms with E-state index in [1.54, 1.807) is 11.9 Å². The number of amides is 1. The van der Waals surface area contributed by atoms with Gasteiger partial charge in [-0.05, 0) is 13.0 Å². The highest BCUT2D eigenvalue weighted by Crippen LogP contribution is 2.32. The molecule has 0 radical (unpaired) electrons. The van der Waals surface area contributed by atoms with Gasteiger partial charge in [0.05, 0.1) is 18.4 Å². The molecule has 1 fully saturated rings. The van der Waals surface area contributed by atoms with Crippen molar-refractivity contribution in [2.45, 2.75) is 38.1 Å². The van der Waals surface area contributed by atoms with Crippen LogP contribution in [0.25, 0.3) is 0 Å². The molecule has 0 aromatic carbocycles. The molecule has 4 rings (SSSR count). The molecule has 0 atom stereocenters. The van der Waals surface area contributed by atoms with Crippen LogP contribution in [0.3, 0.4) is 0 Å². The van der Waals surface area contributed by atoms with Crippen LogP contribution in [-0.4, -0.2) is 59.4 Å². The first-order valence-electron chi connectivity index (χ1n) is 9.65. The third-order valence-electron chi connectivity index (χ3n) is 4.90. The number of hydrogen-bond acceptors (Lipinski definition) is 8. The van der Waals surface area contributed by atoms with Crippen LogP contribution >= 0.6 is 0 Å². The monoisotopic (exact) mass is 438 g/mol. The van der Waals surface area contributed by atoms with E-state index in [1.807, 2.05) is 6.92 Å². The molecule has 31 heavy (non-hydrogen) atoms. The summed E-state index contributed by atoms with van der Waals surface area (Å²) < 4.78 is 46.9. The normalized spacial score (nSPS) is 20.4. The maximum atomic E-state index is 12.2. The lowest BCUT2D eigenvalue weighted by atomic mass is 9.89. The van der Waals surface area contributed by atoms with E-state index in [0.717, 1.165) is 0 Å². The standard InChI is InChI=1S/C19H21F3N6O3/c1-10-16-17(28(2)8-14(29)26-16)27-18(24-10)25-11-5-13(6-11)31-12-3-4-15(23-7-12)30-9-19(20,21)22/h3-4,7,11,13H,5-6,8-9H2,1-2H3,(H,26,29)(H,24,25,27). The van der Waals surface area contributed by atoms with Gasteiger partial charge in [-0.15, -0.1) is 0 Å². The molecule has 9 nitrogen and oxygen atoms in total. The Kier molecular flexibility index (Phi) is 5.46. The lowest BCUT2D eigenvalue weighted by molar-refractivity contribution is -0.154. The molecule has 12 heteroatoms. The van der Waals surface area contributed by atoms with Crippen molar-refractivity contribution in [3.8, 4) is 11.6 Å². The molecule has 0 spiro atoms. The number of nitrogens with one attached hydrogen (secondary N) is 2. The molecule has 1 aliphatic carbocycles. The predicted octanol–water partition coefficient (Wildman–Crippen LogP) is 2.53. The second-order valence-corrected chi connectivity index (χ2v) is 7.52. The minimum absolute atomic E-state index is 0.0538. The fourth-order valence-electron chi connectivity index (χ4n) is 3.35. The Bertz CT molecular complexity index is 964. The Hall–Kier alpha value is -3.31. The van der Waals surface area contributed by atoms with E-state index in [9.17, 15) is 18.0 Å². The molecule has 2 aromatic rings. The van der Waals surface area contributed by atoms with Gasteiger partial charge in [0.25, 0.3) is 0 Å². The summed E-state index contributed by atoms with van der Waals surface area (Å²) in [5.41, 5.74) is 1.30. The highest BCUT2D eigenvalue weighted by molar-refractivity contribution is 6.00. The fourth-order valence-corrected chi connectivity index (χ4v) is 3.35. The summed E-state index contributed by atoms with van der Waals surface area (Å²) in [6.45, 7) is 0.659. The number of nitrogens with zero attached hydrogens (tertiary/aromatic N) is 4. The van der Waals surface area contributed by atoms with Crippen LogP contribution in [-0.2, 0) is 4.79 Å². The molecule has 166 valence electrons. The van der Waals surface area contributed by atoms with Crippen molar-refractivity contribution in [1.29, 1.82) is 0 Å². The molecule has 0 unspecified atom stereocenters. The largest absolute Gasteiger partial charge is 0.489 e. The van der Waals surface area contributed by atoms with Crippen LogP contribution in [0.2, 0.25) is 0 Å². The average Bonchev–Trinajstić information content (AvgIpc) is 2.66. The second kappa shape index (κ2) is 8.08. The zero-order valence-electron chi connectivity index (χ0n) is 16.9. The summed E-state index contributed by atoms with van der Waals surface area (Å²) in [5.74, 6) is 1.40. The van der Waals surface area contributed by atoms with E-state index < -0.39 is 12.8 Å². The molecule has 1 amide bonds. The third-order valence-corrected chi connectivity index (χ3v) is 4.90. The molecule has 2 aromatic heterocycles. The van der Waals surface area contributed by atoms with E-state index in [2.05, 4.69) is 30.3 Å². The predicted molar refractivity (Wildman–Crippen MR) is 106 cm³/mol. The lowest BCUT2D eigenvalue weighted by Gasteiger charge is -2.36. The summed E-state index contributed by atoms with van der Waals surface area (Å²) in [4.78, 5) is 26.2. The first-order valence-corrected chi connectivity index (χ1v) is 9.65. The van der Waals surface area contributed by atoms with Crippen molar-refractivity contribution in [3.05, 3.63) is 24.0 Å². The van der Waals surface area contributed by atoms with Gasteiger partial charge in [-0.3, -0.25) is 4.79 Å². The SMILES string of the molecule is Cc1nc(NC2CC(Oc3ccc(OCC(F)(F)F)nc3)C2)nc2c1NC(=O)CN2C. The van der Waals surface area contributed by atoms with Crippen LogP contribution in [0.1, 0.15) is 18.5 Å². The summed E-state index contributed by atoms with van der Waals surface area (Å²) in [5, 5.41) is 6.07. The van der Waals surface area contributed by atoms with Crippen molar-refractivity contribution >= 4 is 23.4 Å². The van der Waals surface area contributed by atoms with E-state index in [1.165, 1.54) is 18.3 Å². The van der Waals surface area contributed by atoms with Crippen molar-refractivity contribution in [1.82, 2.24) is 15.0 Å². The zero-order valence-corrected chi connectivity index (χ0v) is 16.9. The van der Waals surface area contributed by atoms with Gasteiger partial charge < -0.3 is 25.0 Å². The lowest BCUT2D eigenvalue weighted by Crippen LogP contribution is -2.43. The molecular formula is C19H21F3N6O3. The van der Waals surface area contributed by atoms with E-state index in [0.29, 0.717) is 41.7 Å². The molecule has 0 bridgehead atoms. The van der Waals surface area contributed by atoms with Crippen molar-refractivity contribution in [2.24, 2.45) is 0 Å². The number of ether oxygens (including phenoxy) is 2. The van der Waals surface area contributed by atoms with Crippen molar-refractivity contribution < 1.29 is 27.4 Å². The number of fused-ring (bicyclic) bond motifs is 1. The molecule has 2 N–H and O–H groups in total. The van der Waals surface area contributed by atoms with Crippen molar-refractivity contribution in [2.75, 3.05) is 35.7 Å². The van der Waals surface area contributed by atoms with E-state index >= 15 is 0 Å². The Labute approximate surface area is 176 Å². The van der Waals surface area contributed by atoms with Gasteiger partial charge in [-0.2, -0.15) is 18.2 Å². The van der Waals surface area contributed by atoms with Crippen LogP contribution in [0.4, 0.5) is 30.6 Å². The number of rotatable bonds is 6. The summed E-state index contributed by atoms with van der Waals surface area (Å²) in [6, 6.07) is 2.99. The van der Waals surface area contributed by atoms with Crippen LogP contribution in [0, 0.1) is 6.92 Å². The number of anilines is 3. The Morgan fingerprint density at radius 1 is 1.29 bits per heavy atom. The van der Waals surface area contributed by atoms with Gasteiger partial charge in [0.15, 0.2) is 12.4 Å². The number of halogens is 3. The molecular weight excluding hydrogens is 417 g/mol. The highest BCUT2D eigenvalue weighted by atomic mass is 19.4. The first-order chi connectivity index (χ1) is 14.7. The molecule has 2 aliphatic rings. The number of carbonyl (C=O) groups is 1. The number of carbonyl (C=O) groups excluding carboxylic acids is 1. The van der Waals surface area contributed by atoms with Crippen molar-refractivity contribution in [3.63, 3.8) is 0 Å².